The van der Waals surface area contributed by atoms with Crippen molar-refractivity contribution in [3.8, 4) is 11.3 Å². The van der Waals surface area contributed by atoms with Crippen LogP contribution in [0.15, 0.2) is 90.2 Å². The molecule has 0 fully saturated rings. The highest BCUT2D eigenvalue weighted by molar-refractivity contribution is 7.89. The van der Waals surface area contributed by atoms with Crippen molar-refractivity contribution in [3.63, 3.8) is 0 Å². The van der Waals surface area contributed by atoms with Gasteiger partial charge in [0.05, 0.1) is 22.5 Å². The number of aryl methyl sites for hydroxylation is 1. The van der Waals surface area contributed by atoms with E-state index in [0.717, 1.165) is 11.1 Å². The van der Waals surface area contributed by atoms with Gasteiger partial charge >= 0.3 is 0 Å². The van der Waals surface area contributed by atoms with Crippen LogP contribution >= 0.6 is 0 Å². The third-order valence-electron chi connectivity index (χ3n) is 4.76. The highest BCUT2D eigenvalue weighted by Gasteiger charge is 2.15. The maximum absolute atomic E-state index is 12.8. The molecule has 162 valence electrons. The number of amides is 1. The predicted octanol–water partition coefficient (Wildman–Crippen LogP) is 3.21. The predicted molar refractivity (Wildman–Crippen MR) is 121 cm³/mol. The van der Waals surface area contributed by atoms with E-state index in [4.69, 9.17) is 0 Å². The summed E-state index contributed by atoms with van der Waals surface area (Å²) >= 11 is 0. The van der Waals surface area contributed by atoms with E-state index in [0.29, 0.717) is 16.9 Å². The molecule has 0 aliphatic heterocycles. The molecule has 0 radical (unpaired) electrons. The minimum Gasteiger partial charge on any atom is -0.321 e. The molecular formula is C23H21N5O3S. The number of hydrogen-bond acceptors (Lipinski definition) is 5. The third kappa shape index (κ3) is 5.08. The van der Waals surface area contributed by atoms with Gasteiger partial charge in [-0.3, -0.25) is 14.5 Å². The van der Waals surface area contributed by atoms with Gasteiger partial charge in [0.2, 0.25) is 10.0 Å². The number of rotatable bonds is 7. The summed E-state index contributed by atoms with van der Waals surface area (Å²) in [6, 6.07) is 18.7. The molecule has 8 nitrogen and oxygen atoms in total. The normalized spacial score (nSPS) is 11.3. The SMILES string of the molecule is Cn1ccc(-c2cccc(S(=O)(=O)NCc3ccc(C(=O)Nc4cccnc4)cc3)c2)n1. The van der Waals surface area contributed by atoms with Crippen LogP contribution in [0.1, 0.15) is 15.9 Å². The second-order valence-corrected chi connectivity index (χ2v) is 8.89. The number of anilines is 1. The smallest absolute Gasteiger partial charge is 0.255 e. The average Bonchev–Trinajstić information content (AvgIpc) is 3.25. The molecule has 9 heteroatoms. The zero-order valence-electron chi connectivity index (χ0n) is 17.3. The summed E-state index contributed by atoms with van der Waals surface area (Å²) in [7, 11) is -1.92. The molecule has 0 unspecified atom stereocenters. The van der Waals surface area contributed by atoms with E-state index in [9.17, 15) is 13.2 Å². The lowest BCUT2D eigenvalue weighted by molar-refractivity contribution is 0.102. The first-order chi connectivity index (χ1) is 15.4. The number of hydrogen-bond donors (Lipinski definition) is 2. The van der Waals surface area contributed by atoms with Crippen LogP contribution in [0, 0.1) is 0 Å². The molecule has 0 spiro atoms. The summed E-state index contributed by atoms with van der Waals surface area (Å²) in [6.45, 7) is 0.0979. The first-order valence-electron chi connectivity index (χ1n) is 9.81. The molecule has 0 aliphatic rings. The second kappa shape index (κ2) is 9.13. The van der Waals surface area contributed by atoms with Crippen LogP contribution in [0.4, 0.5) is 5.69 Å². The Bertz CT molecular complexity index is 1330. The summed E-state index contributed by atoms with van der Waals surface area (Å²) in [4.78, 5) is 16.4. The summed E-state index contributed by atoms with van der Waals surface area (Å²) in [5.41, 5.74) is 3.21. The van der Waals surface area contributed by atoms with Crippen molar-refractivity contribution in [3.05, 3.63) is 96.4 Å². The van der Waals surface area contributed by atoms with E-state index in [1.807, 2.05) is 12.1 Å². The van der Waals surface area contributed by atoms with E-state index >= 15 is 0 Å². The second-order valence-electron chi connectivity index (χ2n) is 7.12. The van der Waals surface area contributed by atoms with Crippen LogP contribution < -0.4 is 10.0 Å². The molecule has 4 aromatic rings. The van der Waals surface area contributed by atoms with Gasteiger partial charge in [-0.25, -0.2) is 13.1 Å². The highest BCUT2D eigenvalue weighted by atomic mass is 32.2. The van der Waals surface area contributed by atoms with Crippen LogP contribution in [0.25, 0.3) is 11.3 Å². The van der Waals surface area contributed by atoms with Gasteiger partial charge in [-0.05, 0) is 48.0 Å². The Kier molecular flexibility index (Phi) is 6.11. The van der Waals surface area contributed by atoms with Crippen molar-refractivity contribution in [2.45, 2.75) is 11.4 Å². The fourth-order valence-electron chi connectivity index (χ4n) is 3.07. The Labute approximate surface area is 186 Å². The zero-order chi connectivity index (χ0) is 22.6. The lowest BCUT2D eigenvalue weighted by Crippen LogP contribution is -2.23. The molecule has 2 N–H and O–H groups in total. The molecule has 0 atom stereocenters. The standard InChI is InChI=1S/C23H21N5O3S/c1-28-13-11-22(27-28)19-4-2-6-21(14-19)32(30,31)25-15-17-7-9-18(10-8-17)23(29)26-20-5-3-12-24-16-20/h2-14,16,25H,15H2,1H3,(H,26,29). The first-order valence-corrected chi connectivity index (χ1v) is 11.3. The fourth-order valence-corrected chi connectivity index (χ4v) is 4.13. The topological polar surface area (TPSA) is 106 Å². The number of pyridine rings is 1. The Morgan fingerprint density at radius 1 is 1.03 bits per heavy atom. The van der Waals surface area contributed by atoms with Crippen LogP contribution in [-0.2, 0) is 23.6 Å². The van der Waals surface area contributed by atoms with Crippen LogP contribution in [0.5, 0.6) is 0 Å². The number of aromatic nitrogens is 3. The number of sulfonamides is 1. The summed E-state index contributed by atoms with van der Waals surface area (Å²) in [5.74, 6) is -0.267. The molecule has 1 amide bonds. The van der Waals surface area contributed by atoms with Crippen molar-refractivity contribution in [2.24, 2.45) is 7.05 Å². The minimum atomic E-state index is -3.72. The van der Waals surface area contributed by atoms with Gasteiger partial charge in [0.1, 0.15) is 0 Å². The number of carbonyl (C=O) groups is 1. The number of benzene rings is 2. The Morgan fingerprint density at radius 2 is 1.84 bits per heavy atom. The molecule has 0 bridgehead atoms. The summed E-state index contributed by atoms with van der Waals surface area (Å²) in [6.07, 6.45) is 4.99. The van der Waals surface area contributed by atoms with Gasteiger partial charge < -0.3 is 5.32 Å². The van der Waals surface area contributed by atoms with Crippen molar-refractivity contribution in [1.29, 1.82) is 0 Å². The van der Waals surface area contributed by atoms with Gasteiger partial charge in [-0.1, -0.05) is 24.3 Å². The van der Waals surface area contributed by atoms with Gasteiger partial charge in [-0.15, -0.1) is 0 Å². The zero-order valence-corrected chi connectivity index (χ0v) is 18.1. The molecule has 0 saturated heterocycles. The lowest BCUT2D eigenvalue weighted by Gasteiger charge is -2.09. The van der Waals surface area contributed by atoms with E-state index < -0.39 is 10.0 Å². The summed E-state index contributed by atoms with van der Waals surface area (Å²) in [5, 5.41) is 7.07. The van der Waals surface area contributed by atoms with Crippen molar-refractivity contribution >= 4 is 21.6 Å². The number of nitrogens with one attached hydrogen (secondary N) is 2. The molecule has 0 aliphatic carbocycles. The molecule has 2 aromatic carbocycles. The third-order valence-corrected chi connectivity index (χ3v) is 6.15. The van der Waals surface area contributed by atoms with E-state index in [2.05, 4.69) is 20.1 Å². The molecule has 2 heterocycles. The van der Waals surface area contributed by atoms with Gasteiger partial charge in [-0.2, -0.15) is 5.10 Å². The highest BCUT2D eigenvalue weighted by Crippen LogP contribution is 2.21. The Morgan fingerprint density at radius 3 is 2.53 bits per heavy atom. The quantitative estimate of drug-likeness (QED) is 0.453. The van der Waals surface area contributed by atoms with Gasteiger partial charge in [0.15, 0.2) is 0 Å². The van der Waals surface area contributed by atoms with Crippen LogP contribution in [-0.4, -0.2) is 29.1 Å². The molecular weight excluding hydrogens is 426 g/mol. The number of carbonyl (C=O) groups excluding carboxylic acids is 1. The van der Waals surface area contributed by atoms with Crippen molar-refractivity contribution in [2.75, 3.05) is 5.32 Å². The largest absolute Gasteiger partial charge is 0.321 e. The molecule has 0 saturated carbocycles. The molecule has 2 aromatic heterocycles. The van der Waals surface area contributed by atoms with E-state index in [1.165, 1.54) is 0 Å². The summed E-state index contributed by atoms with van der Waals surface area (Å²) < 4.78 is 29.8. The number of nitrogens with zero attached hydrogens (tertiary/aromatic N) is 3. The van der Waals surface area contributed by atoms with Crippen molar-refractivity contribution < 1.29 is 13.2 Å². The average molecular weight is 448 g/mol. The molecule has 4 rings (SSSR count). The monoisotopic (exact) mass is 447 g/mol. The van der Waals surface area contributed by atoms with Crippen molar-refractivity contribution in [1.82, 2.24) is 19.5 Å². The fraction of sp³-hybridized carbons (Fsp3) is 0.0870. The Balaban J connectivity index is 1.41. The Hall–Kier alpha value is -3.82. The van der Waals surface area contributed by atoms with Gasteiger partial charge in [0.25, 0.3) is 5.91 Å². The maximum Gasteiger partial charge on any atom is 0.255 e. The van der Waals surface area contributed by atoms with E-state index in [1.54, 1.807) is 84.9 Å². The maximum atomic E-state index is 12.8. The lowest BCUT2D eigenvalue weighted by atomic mass is 10.1. The van der Waals surface area contributed by atoms with Gasteiger partial charge in [0, 0.05) is 37.1 Å². The van der Waals surface area contributed by atoms with Crippen LogP contribution in [0.2, 0.25) is 0 Å². The van der Waals surface area contributed by atoms with E-state index in [-0.39, 0.29) is 17.3 Å². The minimum absolute atomic E-state index is 0.0979. The van der Waals surface area contributed by atoms with Crippen LogP contribution in [0.3, 0.4) is 0 Å². The first kappa shape index (κ1) is 21.4. The molecule has 32 heavy (non-hydrogen) atoms.